The summed E-state index contributed by atoms with van der Waals surface area (Å²) in [7, 11) is 0. The van der Waals surface area contributed by atoms with Crippen LogP contribution in [0.15, 0.2) is 95.2 Å². The largest absolute Gasteiger partial charge is 0.355 e. The van der Waals surface area contributed by atoms with E-state index in [-0.39, 0.29) is 0 Å². The highest BCUT2D eigenvalue weighted by Gasteiger charge is 2.08. The van der Waals surface area contributed by atoms with Crippen LogP contribution in [-0.4, -0.2) is 39.9 Å². The summed E-state index contributed by atoms with van der Waals surface area (Å²) in [6.07, 6.45) is 16.0. The van der Waals surface area contributed by atoms with Crippen LogP contribution in [0.5, 0.6) is 0 Å². The van der Waals surface area contributed by atoms with Gasteiger partial charge in [0.1, 0.15) is 11.4 Å². The minimum atomic E-state index is 0.670. The summed E-state index contributed by atoms with van der Waals surface area (Å²) in [6, 6.07) is 28.2. The number of aromatic nitrogens is 8. The molecular weight excluding hydrogens is 621 g/mol. The number of hydrogen-bond donors (Lipinski definition) is 4. The molecule has 0 amide bonds. The van der Waals surface area contributed by atoms with Crippen LogP contribution in [0.1, 0.15) is 45.6 Å². The Kier molecular flexibility index (Phi) is 6.25. The van der Waals surface area contributed by atoms with Crippen molar-refractivity contribution in [3.63, 3.8) is 0 Å². The molecule has 0 fully saturated rings. The molecule has 10 nitrogen and oxygen atoms in total. The van der Waals surface area contributed by atoms with Crippen molar-refractivity contribution < 1.29 is 0 Å². The van der Waals surface area contributed by atoms with Gasteiger partial charge in [-0.25, -0.2) is 19.9 Å². The van der Waals surface area contributed by atoms with Crippen molar-refractivity contribution in [1.82, 2.24) is 39.9 Å². The van der Waals surface area contributed by atoms with E-state index in [1.165, 1.54) is 0 Å². The number of aromatic amines is 4. The number of nitrogens with zero attached hydrogens (tertiary/aromatic N) is 6. The van der Waals surface area contributed by atoms with Crippen molar-refractivity contribution in [2.24, 2.45) is 10.2 Å². The third-order valence-corrected chi connectivity index (χ3v) is 8.56. The Morgan fingerprint density at radius 1 is 0.300 bits per heavy atom. The molecular formula is C40H26N10. The molecule has 0 saturated carbocycles. The molecule has 4 N–H and O–H groups in total. The Hall–Kier alpha value is -7.20. The van der Waals surface area contributed by atoms with Crippen LogP contribution >= 0.6 is 0 Å². The van der Waals surface area contributed by atoms with Crippen LogP contribution in [0.2, 0.25) is 0 Å². The van der Waals surface area contributed by atoms with E-state index in [4.69, 9.17) is 30.2 Å². The standard InChI is InChI=1S/C40H26N10/c1-3-25-15-29-9-11-33(45-29)19-37-39(21-35(47-37)17-31-7-5-27(43-31)13-23(1)41-25)49-50-40-22-36-18-32-8-6-28(44-32)14-24-2-4-26(42-24)16-30-10-12-34(46-30)20-38(40)48-36/h1-22,41-42,47-48H. The lowest BCUT2D eigenvalue weighted by atomic mass is 10.3. The fourth-order valence-electron chi connectivity index (χ4n) is 6.28. The maximum Gasteiger partial charge on any atom is 0.111 e. The maximum atomic E-state index is 4.82. The summed E-state index contributed by atoms with van der Waals surface area (Å²) in [5, 5.41) is 9.56. The third kappa shape index (κ3) is 5.56. The molecule has 10 heteroatoms. The monoisotopic (exact) mass is 646 g/mol. The number of fused-ring (bicyclic) bond motifs is 16. The molecule has 4 aliphatic heterocycles. The molecule has 0 aliphatic carbocycles. The molecule has 0 saturated heterocycles. The van der Waals surface area contributed by atoms with Gasteiger partial charge >= 0.3 is 0 Å². The molecule has 0 unspecified atom stereocenters. The summed E-state index contributed by atoms with van der Waals surface area (Å²) in [5.74, 6) is 0. The highest BCUT2D eigenvalue weighted by molar-refractivity contribution is 5.84. The van der Waals surface area contributed by atoms with Gasteiger partial charge in [-0.15, -0.1) is 10.2 Å². The Balaban J connectivity index is 1.14. The van der Waals surface area contributed by atoms with Gasteiger partial charge in [0.2, 0.25) is 0 Å². The van der Waals surface area contributed by atoms with Gasteiger partial charge in [0.05, 0.1) is 56.6 Å². The average Bonchev–Trinajstić information content (AvgIpc) is 3.94. The molecule has 0 atom stereocenters. The molecule has 10 rings (SSSR count). The second-order valence-electron chi connectivity index (χ2n) is 12.3. The lowest BCUT2D eigenvalue weighted by Gasteiger charge is -1.90. The minimum absolute atomic E-state index is 0.670. The Morgan fingerprint density at radius 3 is 0.900 bits per heavy atom. The van der Waals surface area contributed by atoms with Gasteiger partial charge in [0.15, 0.2) is 0 Å². The van der Waals surface area contributed by atoms with Crippen molar-refractivity contribution in [1.29, 1.82) is 0 Å². The van der Waals surface area contributed by atoms with Crippen LogP contribution in [0, 0.1) is 0 Å². The van der Waals surface area contributed by atoms with E-state index in [0.717, 1.165) is 89.7 Å². The summed E-state index contributed by atoms with van der Waals surface area (Å²) in [4.78, 5) is 33.1. The molecule has 236 valence electrons. The van der Waals surface area contributed by atoms with Crippen molar-refractivity contribution in [2.45, 2.75) is 0 Å². The van der Waals surface area contributed by atoms with Crippen LogP contribution < -0.4 is 0 Å². The van der Waals surface area contributed by atoms with Gasteiger partial charge in [-0.05, 0) is 134 Å². The van der Waals surface area contributed by atoms with Crippen LogP contribution in [0.25, 0.3) is 92.7 Å². The van der Waals surface area contributed by atoms with Gasteiger partial charge < -0.3 is 19.9 Å². The molecule has 4 aliphatic rings. The predicted octanol–water partition coefficient (Wildman–Crippen LogP) is 10.0. The van der Waals surface area contributed by atoms with Crippen LogP contribution in [0.4, 0.5) is 11.4 Å². The summed E-state index contributed by atoms with van der Waals surface area (Å²) in [6.45, 7) is 0. The zero-order valence-electron chi connectivity index (χ0n) is 26.4. The SMILES string of the molecule is C1=Cc2cc3cc(N=Nc4cc5cc6nc(cc7ccc(cc8nc(cc4[nH]5)C=C8)[nH]7)C=C6)c(cc4nc(cc5ccc(cc1n2)[nH]5)C=C4)[nH]3. The second kappa shape index (κ2) is 11.2. The number of nitrogens with one attached hydrogen (secondary N) is 4. The Morgan fingerprint density at radius 2 is 0.580 bits per heavy atom. The van der Waals surface area contributed by atoms with Crippen LogP contribution in [0.3, 0.4) is 0 Å². The number of hydrogen-bond acceptors (Lipinski definition) is 6. The molecule has 6 aromatic rings. The average molecular weight is 647 g/mol. The van der Waals surface area contributed by atoms with E-state index in [2.05, 4.69) is 19.9 Å². The smallest absolute Gasteiger partial charge is 0.111 e. The van der Waals surface area contributed by atoms with Gasteiger partial charge in [-0.3, -0.25) is 0 Å². The molecule has 50 heavy (non-hydrogen) atoms. The summed E-state index contributed by atoms with van der Waals surface area (Å²) < 4.78 is 0. The van der Waals surface area contributed by atoms with E-state index in [1.54, 1.807) is 0 Å². The van der Waals surface area contributed by atoms with E-state index in [9.17, 15) is 0 Å². The number of rotatable bonds is 2. The Bertz CT molecular complexity index is 2690. The molecule has 16 bridgehead atoms. The maximum absolute atomic E-state index is 4.82. The summed E-state index contributed by atoms with van der Waals surface area (Å²) >= 11 is 0. The number of H-pyrrole nitrogens is 4. The van der Waals surface area contributed by atoms with E-state index < -0.39 is 0 Å². The van der Waals surface area contributed by atoms with Crippen molar-refractivity contribution in [2.75, 3.05) is 0 Å². The van der Waals surface area contributed by atoms with E-state index >= 15 is 0 Å². The quantitative estimate of drug-likeness (QED) is 0.139. The normalized spacial score (nSPS) is 13.2. The van der Waals surface area contributed by atoms with Crippen LogP contribution in [-0.2, 0) is 0 Å². The fraction of sp³-hybridized carbons (Fsp3) is 0. The zero-order chi connectivity index (χ0) is 33.0. The highest BCUT2D eigenvalue weighted by Crippen LogP contribution is 2.30. The first-order valence-corrected chi connectivity index (χ1v) is 16.2. The second-order valence-corrected chi connectivity index (χ2v) is 12.3. The zero-order valence-corrected chi connectivity index (χ0v) is 26.4. The van der Waals surface area contributed by atoms with Crippen molar-refractivity contribution >= 4 is 104 Å². The molecule has 0 spiro atoms. The molecule has 10 heterocycles. The number of azo groups is 1. The minimum Gasteiger partial charge on any atom is -0.355 e. The fourth-order valence-corrected chi connectivity index (χ4v) is 6.28. The first kappa shape index (κ1) is 27.9. The Labute approximate surface area is 284 Å². The summed E-state index contributed by atoms with van der Waals surface area (Å²) in [5.41, 5.74) is 15.2. The lowest BCUT2D eigenvalue weighted by molar-refractivity contribution is 1.25. The van der Waals surface area contributed by atoms with Crippen molar-refractivity contribution in [3.05, 3.63) is 130 Å². The van der Waals surface area contributed by atoms with Gasteiger partial charge in [-0.2, -0.15) is 0 Å². The van der Waals surface area contributed by atoms with E-state index in [0.29, 0.717) is 11.4 Å². The molecule has 6 aromatic heterocycles. The van der Waals surface area contributed by atoms with Gasteiger partial charge in [0, 0.05) is 33.1 Å². The highest BCUT2D eigenvalue weighted by atomic mass is 15.1. The lowest BCUT2D eigenvalue weighted by Crippen LogP contribution is -1.75. The predicted molar refractivity (Wildman–Crippen MR) is 202 cm³/mol. The molecule has 0 aromatic carbocycles. The topological polar surface area (TPSA) is 139 Å². The van der Waals surface area contributed by atoms with Crippen molar-refractivity contribution in [3.8, 4) is 0 Å². The third-order valence-electron chi connectivity index (χ3n) is 8.56. The van der Waals surface area contributed by atoms with Gasteiger partial charge in [0.25, 0.3) is 0 Å². The molecule has 0 radical (unpaired) electrons. The first-order valence-electron chi connectivity index (χ1n) is 16.2. The first-order chi connectivity index (χ1) is 24.6. The van der Waals surface area contributed by atoms with E-state index in [1.807, 2.05) is 134 Å². The van der Waals surface area contributed by atoms with Gasteiger partial charge in [-0.1, -0.05) is 0 Å².